The van der Waals surface area contributed by atoms with Crippen LogP contribution in [-0.2, 0) is 0 Å². The van der Waals surface area contributed by atoms with E-state index in [1.54, 1.807) is 0 Å². The highest BCUT2D eigenvalue weighted by molar-refractivity contribution is 6.30. The molecular formula is C17H20ClNO2. The van der Waals surface area contributed by atoms with Crippen molar-refractivity contribution < 1.29 is 9.47 Å². The lowest BCUT2D eigenvalue weighted by Gasteiger charge is -2.16. The van der Waals surface area contributed by atoms with E-state index in [0.29, 0.717) is 11.6 Å². The first-order valence-corrected chi connectivity index (χ1v) is 7.44. The predicted molar refractivity (Wildman–Crippen MR) is 87.6 cm³/mol. The van der Waals surface area contributed by atoms with Gasteiger partial charge in [0.25, 0.3) is 0 Å². The zero-order valence-corrected chi connectivity index (χ0v) is 13.1. The molecule has 2 aromatic carbocycles. The second kappa shape index (κ2) is 7.79. The van der Waals surface area contributed by atoms with Gasteiger partial charge in [0.2, 0.25) is 0 Å². The van der Waals surface area contributed by atoms with Crippen molar-refractivity contribution in [2.45, 2.75) is 20.0 Å². The molecule has 0 fully saturated rings. The molecule has 1 atom stereocenters. The van der Waals surface area contributed by atoms with Crippen LogP contribution >= 0.6 is 11.6 Å². The molecule has 0 aliphatic carbocycles. The third-order valence-corrected chi connectivity index (χ3v) is 3.16. The van der Waals surface area contributed by atoms with Crippen molar-refractivity contribution >= 4 is 17.3 Å². The van der Waals surface area contributed by atoms with E-state index in [4.69, 9.17) is 21.1 Å². The molecule has 0 bridgehead atoms. The van der Waals surface area contributed by atoms with Gasteiger partial charge in [0.05, 0.1) is 13.2 Å². The normalized spacial score (nSPS) is 11.8. The van der Waals surface area contributed by atoms with E-state index >= 15 is 0 Å². The number of ether oxygens (including phenoxy) is 2. The third kappa shape index (κ3) is 5.20. The Hall–Kier alpha value is -1.87. The summed E-state index contributed by atoms with van der Waals surface area (Å²) in [6.45, 7) is 5.40. The Morgan fingerprint density at radius 2 is 1.62 bits per heavy atom. The highest BCUT2D eigenvalue weighted by Gasteiger charge is 2.04. The average molecular weight is 306 g/mol. The smallest absolute Gasteiger partial charge is 0.119 e. The van der Waals surface area contributed by atoms with Crippen LogP contribution in [0.15, 0.2) is 48.5 Å². The van der Waals surface area contributed by atoms with Crippen LogP contribution in [0.25, 0.3) is 0 Å². The summed E-state index contributed by atoms with van der Waals surface area (Å²) in [5.41, 5.74) is 1.05. The number of rotatable bonds is 7. The van der Waals surface area contributed by atoms with Crippen molar-refractivity contribution in [2.24, 2.45) is 0 Å². The quantitative estimate of drug-likeness (QED) is 0.809. The van der Waals surface area contributed by atoms with Gasteiger partial charge in [0, 0.05) is 10.7 Å². The molecule has 0 aliphatic heterocycles. The maximum atomic E-state index is 5.85. The van der Waals surface area contributed by atoms with E-state index in [2.05, 4.69) is 5.32 Å². The fourth-order valence-electron chi connectivity index (χ4n) is 1.88. The summed E-state index contributed by atoms with van der Waals surface area (Å²) in [6.07, 6.45) is 0.0535. The Labute approximate surface area is 130 Å². The summed E-state index contributed by atoms with van der Waals surface area (Å²) in [7, 11) is 0. The SMILES string of the molecule is CCOc1ccc(NCC(C)Oc2ccc(Cl)cc2)cc1. The molecule has 0 aromatic heterocycles. The van der Waals surface area contributed by atoms with Crippen LogP contribution in [0.5, 0.6) is 11.5 Å². The maximum Gasteiger partial charge on any atom is 0.119 e. The van der Waals surface area contributed by atoms with Gasteiger partial charge >= 0.3 is 0 Å². The van der Waals surface area contributed by atoms with Gasteiger partial charge in [-0.25, -0.2) is 0 Å². The lowest BCUT2D eigenvalue weighted by molar-refractivity contribution is 0.235. The first kappa shape index (κ1) is 15.5. The summed E-state index contributed by atoms with van der Waals surface area (Å²) in [5, 5.41) is 4.05. The molecule has 0 amide bonds. The van der Waals surface area contributed by atoms with Crippen LogP contribution in [-0.4, -0.2) is 19.3 Å². The van der Waals surface area contributed by atoms with Crippen molar-refractivity contribution in [2.75, 3.05) is 18.5 Å². The van der Waals surface area contributed by atoms with E-state index in [9.17, 15) is 0 Å². The van der Waals surface area contributed by atoms with Gasteiger partial charge in [0.1, 0.15) is 17.6 Å². The lowest BCUT2D eigenvalue weighted by Crippen LogP contribution is -2.22. The van der Waals surface area contributed by atoms with Crippen LogP contribution in [0.3, 0.4) is 0 Å². The minimum atomic E-state index is 0.0535. The van der Waals surface area contributed by atoms with Gasteiger partial charge in [-0.05, 0) is 62.4 Å². The van der Waals surface area contributed by atoms with Crippen LogP contribution < -0.4 is 14.8 Å². The summed E-state index contributed by atoms with van der Waals surface area (Å²) in [6, 6.07) is 15.3. The first-order valence-electron chi connectivity index (χ1n) is 7.06. The van der Waals surface area contributed by atoms with Crippen LogP contribution in [0.4, 0.5) is 5.69 Å². The molecule has 112 valence electrons. The molecule has 2 aromatic rings. The third-order valence-electron chi connectivity index (χ3n) is 2.91. The van der Waals surface area contributed by atoms with Crippen molar-refractivity contribution in [3.05, 3.63) is 53.6 Å². The number of anilines is 1. The Morgan fingerprint density at radius 1 is 1.00 bits per heavy atom. The topological polar surface area (TPSA) is 30.5 Å². The van der Waals surface area contributed by atoms with E-state index in [1.807, 2.05) is 62.4 Å². The number of benzene rings is 2. The fourth-order valence-corrected chi connectivity index (χ4v) is 2.01. The number of nitrogens with one attached hydrogen (secondary N) is 1. The molecule has 21 heavy (non-hydrogen) atoms. The minimum Gasteiger partial charge on any atom is -0.494 e. The molecular weight excluding hydrogens is 286 g/mol. The Kier molecular flexibility index (Phi) is 5.76. The van der Waals surface area contributed by atoms with Crippen LogP contribution in [0.2, 0.25) is 5.02 Å². The van der Waals surface area contributed by atoms with Gasteiger partial charge in [-0.2, -0.15) is 0 Å². The molecule has 0 heterocycles. The van der Waals surface area contributed by atoms with Gasteiger partial charge in [0.15, 0.2) is 0 Å². The molecule has 4 heteroatoms. The number of hydrogen-bond acceptors (Lipinski definition) is 3. The molecule has 0 radical (unpaired) electrons. The van der Waals surface area contributed by atoms with E-state index in [1.165, 1.54) is 0 Å². The van der Waals surface area contributed by atoms with E-state index < -0.39 is 0 Å². The number of hydrogen-bond donors (Lipinski definition) is 1. The summed E-state index contributed by atoms with van der Waals surface area (Å²) >= 11 is 5.85. The summed E-state index contributed by atoms with van der Waals surface area (Å²) in [5.74, 6) is 1.70. The first-order chi connectivity index (χ1) is 10.2. The molecule has 0 saturated carbocycles. The second-order valence-corrected chi connectivity index (χ2v) is 5.16. The predicted octanol–water partition coefficient (Wildman–Crippen LogP) is 4.62. The Morgan fingerprint density at radius 3 is 2.24 bits per heavy atom. The van der Waals surface area contributed by atoms with E-state index in [0.717, 1.165) is 23.7 Å². The van der Waals surface area contributed by atoms with Gasteiger partial charge < -0.3 is 14.8 Å². The molecule has 1 unspecified atom stereocenters. The van der Waals surface area contributed by atoms with Crippen molar-refractivity contribution in [1.82, 2.24) is 0 Å². The largest absolute Gasteiger partial charge is 0.494 e. The van der Waals surface area contributed by atoms with Crippen molar-refractivity contribution in [3.63, 3.8) is 0 Å². The van der Waals surface area contributed by atoms with Gasteiger partial charge in [-0.15, -0.1) is 0 Å². The molecule has 0 aliphatic rings. The van der Waals surface area contributed by atoms with Crippen LogP contribution in [0, 0.1) is 0 Å². The highest BCUT2D eigenvalue weighted by Crippen LogP contribution is 2.18. The highest BCUT2D eigenvalue weighted by atomic mass is 35.5. The number of halogens is 1. The second-order valence-electron chi connectivity index (χ2n) is 4.72. The zero-order chi connectivity index (χ0) is 15.1. The maximum absolute atomic E-state index is 5.85. The van der Waals surface area contributed by atoms with Crippen LogP contribution in [0.1, 0.15) is 13.8 Å². The fraction of sp³-hybridized carbons (Fsp3) is 0.294. The molecule has 2 rings (SSSR count). The zero-order valence-electron chi connectivity index (χ0n) is 12.3. The van der Waals surface area contributed by atoms with Crippen molar-refractivity contribution in [1.29, 1.82) is 0 Å². The van der Waals surface area contributed by atoms with E-state index in [-0.39, 0.29) is 6.10 Å². The molecule has 0 saturated heterocycles. The van der Waals surface area contributed by atoms with Gasteiger partial charge in [-0.3, -0.25) is 0 Å². The molecule has 0 spiro atoms. The molecule has 3 nitrogen and oxygen atoms in total. The van der Waals surface area contributed by atoms with Crippen molar-refractivity contribution in [3.8, 4) is 11.5 Å². The monoisotopic (exact) mass is 305 g/mol. The summed E-state index contributed by atoms with van der Waals surface area (Å²) < 4.78 is 11.2. The van der Waals surface area contributed by atoms with Gasteiger partial charge in [-0.1, -0.05) is 11.6 Å². The Bertz CT molecular complexity index is 540. The lowest BCUT2D eigenvalue weighted by atomic mass is 10.3. The molecule has 1 N–H and O–H groups in total. The minimum absolute atomic E-state index is 0.0535. The standard InChI is InChI=1S/C17H20ClNO2/c1-3-20-16-10-6-15(7-11-16)19-12-13(2)21-17-8-4-14(18)5-9-17/h4-11,13,19H,3,12H2,1-2H3. The summed E-state index contributed by atoms with van der Waals surface area (Å²) in [4.78, 5) is 0. The average Bonchev–Trinajstić information content (AvgIpc) is 2.49. The Balaban J connectivity index is 1.80.